The number of rotatable bonds is 16. The van der Waals surface area contributed by atoms with E-state index in [-0.39, 0.29) is 34.9 Å². The predicted molar refractivity (Wildman–Crippen MR) is 262 cm³/mol. The van der Waals surface area contributed by atoms with Gasteiger partial charge in [-0.3, -0.25) is 19.3 Å². The molecule has 4 heterocycles. The lowest BCUT2D eigenvalue weighted by Gasteiger charge is -2.49. The van der Waals surface area contributed by atoms with Crippen molar-refractivity contribution in [2.45, 2.75) is 27.8 Å². The van der Waals surface area contributed by atoms with Crippen LogP contribution in [0.2, 0.25) is 0 Å². The van der Waals surface area contributed by atoms with Crippen molar-refractivity contribution in [1.29, 1.82) is 0 Å². The Morgan fingerprint density at radius 2 is 1.54 bits per heavy atom. The van der Waals surface area contributed by atoms with Crippen LogP contribution >= 0.6 is 46.2 Å². The number of esters is 1. The molecule has 9 rings (SSSR count). The molecular weight excluding hydrogens is 930 g/mol. The molecule has 0 aliphatic carbocycles. The molecule has 12 nitrogen and oxygen atoms in total. The molecular formula is C50H40FN5O7S4. The van der Waals surface area contributed by atoms with Crippen LogP contribution in [0, 0.1) is 5.82 Å². The Labute approximate surface area is 400 Å². The van der Waals surface area contributed by atoms with Crippen LogP contribution in [-0.2, 0) is 36.1 Å². The zero-order valence-corrected chi connectivity index (χ0v) is 39.1. The van der Waals surface area contributed by atoms with Gasteiger partial charge in [0, 0.05) is 33.0 Å². The number of benzene rings is 5. The molecule has 2 N–H and O–H groups in total. The van der Waals surface area contributed by atoms with E-state index in [1.807, 2.05) is 54.6 Å². The number of methoxy groups -OCH3 is 1. The number of β-lactam (4-membered cyclic amide) rings is 1. The molecule has 0 bridgehead atoms. The van der Waals surface area contributed by atoms with Crippen LogP contribution in [0.15, 0.2) is 170 Å². The summed E-state index contributed by atoms with van der Waals surface area (Å²) in [6, 6.07) is 41.6. The van der Waals surface area contributed by atoms with Crippen molar-refractivity contribution in [3.63, 3.8) is 0 Å². The van der Waals surface area contributed by atoms with Crippen LogP contribution < -0.4 is 20.8 Å². The number of nitrogens with one attached hydrogen (secondary N) is 2. The molecule has 0 saturated carbocycles. The van der Waals surface area contributed by atoms with E-state index in [4.69, 9.17) is 19.3 Å². The number of thioether (sulfide) groups is 2. The third-order valence-electron chi connectivity index (χ3n) is 11.2. The average Bonchev–Trinajstić information content (AvgIpc) is 3.83. The Hall–Kier alpha value is -6.79. The van der Waals surface area contributed by atoms with E-state index >= 15 is 0 Å². The van der Waals surface area contributed by atoms with Gasteiger partial charge in [0.15, 0.2) is 16.3 Å². The fourth-order valence-electron chi connectivity index (χ4n) is 7.94. The number of hydrogen-bond donors (Lipinski definition) is 2. The van der Waals surface area contributed by atoms with Crippen molar-refractivity contribution in [1.82, 2.24) is 15.2 Å². The Balaban J connectivity index is 0.964. The maximum absolute atomic E-state index is 14.2. The van der Waals surface area contributed by atoms with Gasteiger partial charge in [-0.2, -0.15) is 0 Å². The number of aromatic nitrogens is 1. The number of amides is 2. The summed E-state index contributed by atoms with van der Waals surface area (Å²) in [6.07, 6.45) is 0. The number of anilines is 1. The van der Waals surface area contributed by atoms with Crippen LogP contribution in [0.1, 0.15) is 27.9 Å². The number of halogens is 1. The summed E-state index contributed by atoms with van der Waals surface area (Å²) >= 11 is 5.23. The molecule has 0 radical (unpaired) electrons. The Bertz CT molecular complexity index is 2980. The van der Waals surface area contributed by atoms with Crippen molar-refractivity contribution in [3.8, 4) is 5.75 Å². The summed E-state index contributed by atoms with van der Waals surface area (Å²) in [6.45, 7) is -0.0743. The number of hydrogen-bond acceptors (Lipinski definition) is 14. The highest BCUT2D eigenvalue weighted by molar-refractivity contribution is 8.02. The first-order valence-corrected chi connectivity index (χ1v) is 24.6. The topological polar surface area (TPSA) is 149 Å². The molecule has 2 aromatic heterocycles. The largest absolute Gasteiger partial charge is 0.497 e. The Morgan fingerprint density at radius 1 is 0.881 bits per heavy atom. The Kier molecular flexibility index (Phi) is 13.5. The summed E-state index contributed by atoms with van der Waals surface area (Å²) in [7, 11) is 2.88. The zero-order valence-electron chi connectivity index (χ0n) is 35.8. The van der Waals surface area contributed by atoms with E-state index in [1.54, 1.807) is 36.8 Å². The molecule has 2 aliphatic heterocycles. The van der Waals surface area contributed by atoms with Gasteiger partial charge >= 0.3 is 5.97 Å². The van der Waals surface area contributed by atoms with E-state index in [0.29, 0.717) is 42.1 Å². The van der Waals surface area contributed by atoms with Gasteiger partial charge in [0.2, 0.25) is 0 Å². The van der Waals surface area contributed by atoms with Crippen LogP contribution in [-0.4, -0.2) is 70.5 Å². The van der Waals surface area contributed by atoms with Gasteiger partial charge < -0.3 is 24.9 Å². The van der Waals surface area contributed by atoms with E-state index in [0.717, 1.165) is 16.7 Å². The molecule has 7 aromatic rings. The number of fused-ring (bicyclic) bond motifs is 2. The molecule has 2 atom stereocenters. The average molecular weight is 970 g/mol. The molecule has 1 fully saturated rings. The number of nitrogens with zero attached hydrogens (tertiary/aromatic N) is 3. The molecule has 5 aromatic carbocycles. The zero-order chi connectivity index (χ0) is 46.5. The number of thiazole rings is 1. The smallest absolute Gasteiger partial charge is 0.355 e. The van der Waals surface area contributed by atoms with Gasteiger partial charge in [0.1, 0.15) is 53.6 Å². The summed E-state index contributed by atoms with van der Waals surface area (Å²) in [5.74, 6) is -1.21. The van der Waals surface area contributed by atoms with Crippen molar-refractivity contribution in [3.05, 3.63) is 200 Å². The van der Waals surface area contributed by atoms with Crippen LogP contribution in [0.4, 0.5) is 9.52 Å². The lowest BCUT2D eigenvalue weighted by atomic mass is 9.77. The van der Waals surface area contributed by atoms with E-state index in [9.17, 15) is 23.6 Å². The van der Waals surface area contributed by atoms with Gasteiger partial charge in [-0.15, -0.1) is 46.2 Å². The summed E-state index contributed by atoms with van der Waals surface area (Å²) < 4.78 is 26.3. The standard InChI is InChI=1S/C50H40FN5O7S4/c1-61-36-21-18-30(19-22-36)26-63-48(60)44-31(27-64-41-25-39(57)37-23-20-35(51)24-40(37)67-41)28-65-47-43(46(59)56(44)47)53-45(58)42(55-62-2)38-29-66-49(52-38)54-50(32-12-6-3-7-13-32,33-14-8-4-9-15-33)34-16-10-5-11-17-34/h3-25,29,43,47H,26-28H2,1-2H3,(H,52,54)(H,53,58)/b55-42-/t43?,47-/m1/s1. The maximum atomic E-state index is 14.2. The van der Waals surface area contributed by atoms with Crippen molar-refractivity contribution >= 4 is 84.9 Å². The molecule has 2 aliphatic rings. The lowest BCUT2D eigenvalue weighted by Crippen LogP contribution is -2.71. The van der Waals surface area contributed by atoms with Gasteiger partial charge in [-0.1, -0.05) is 108 Å². The molecule has 2 amide bonds. The molecule has 1 saturated heterocycles. The third-order valence-corrected chi connectivity index (χ3v) is 15.6. The summed E-state index contributed by atoms with van der Waals surface area (Å²) in [5, 5.41) is 12.6. The highest BCUT2D eigenvalue weighted by atomic mass is 32.2. The number of carbonyl (C=O) groups excluding carboxylic acids is 3. The second-order valence-electron chi connectivity index (χ2n) is 15.2. The first-order valence-electron chi connectivity index (χ1n) is 20.8. The van der Waals surface area contributed by atoms with Gasteiger partial charge in [-0.25, -0.2) is 14.2 Å². The summed E-state index contributed by atoms with van der Waals surface area (Å²) in [5.41, 5.74) is 3.21. The van der Waals surface area contributed by atoms with Crippen LogP contribution in [0.25, 0.3) is 10.1 Å². The number of ether oxygens (including phenoxy) is 2. The lowest BCUT2D eigenvalue weighted by molar-refractivity contribution is -0.153. The Morgan fingerprint density at radius 3 is 2.16 bits per heavy atom. The fraction of sp³-hybridized carbons (Fsp3) is 0.160. The highest BCUT2D eigenvalue weighted by Crippen LogP contribution is 2.44. The molecule has 338 valence electrons. The normalized spacial score (nSPS) is 16.0. The van der Waals surface area contributed by atoms with E-state index < -0.39 is 40.6 Å². The van der Waals surface area contributed by atoms with Crippen molar-refractivity contribution < 1.29 is 33.1 Å². The first-order chi connectivity index (χ1) is 32.7. The minimum atomic E-state index is -1.03. The monoisotopic (exact) mass is 969 g/mol. The van der Waals surface area contributed by atoms with Crippen LogP contribution in [0.5, 0.6) is 5.75 Å². The molecule has 0 spiro atoms. The SMILES string of the molecule is CO/N=C(\C(=O)NC1C(=O)N2C(C(=O)OCc3ccc(OC)cc3)=C(CSc3cc(=O)c4ccc(F)cc4s3)CS[C@H]12)c1csc(NC(c2ccccc2)(c2ccccc2)c2ccccc2)n1. The highest BCUT2D eigenvalue weighted by Gasteiger charge is 2.55. The minimum Gasteiger partial charge on any atom is -0.497 e. The molecule has 1 unspecified atom stereocenters. The second-order valence-corrected chi connectivity index (χ2v) is 19.6. The maximum Gasteiger partial charge on any atom is 0.355 e. The third kappa shape index (κ3) is 9.32. The fourth-order valence-corrected chi connectivity index (χ4v) is 12.4. The predicted octanol–water partition coefficient (Wildman–Crippen LogP) is 8.81. The minimum absolute atomic E-state index is 0.0687. The van der Waals surface area contributed by atoms with E-state index in [1.165, 1.54) is 82.5 Å². The first kappa shape index (κ1) is 45.4. The number of oxime groups is 1. The van der Waals surface area contributed by atoms with Crippen molar-refractivity contribution in [2.24, 2.45) is 5.16 Å². The summed E-state index contributed by atoms with van der Waals surface area (Å²) in [4.78, 5) is 66.7. The van der Waals surface area contributed by atoms with Crippen LogP contribution in [0.3, 0.4) is 0 Å². The number of carbonyl (C=O) groups is 3. The van der Waals surface area contributed by atoms with Gasteiger partial charge in [0.25, 0.3) is 11.8 Å². The molecule has 67 heavy (non-hydrogen) atoms. The second kappa shape index (κ2) is 20.0. The van der Waals surface area contributed by atoms with Crippen molar-refractivity contribution in [2.75, 3.05) is 31.0 Å². The quantitative estimate of drug-likeness (QED) is 0.0239. The van der Waals surface area contributed by atoms with Gasteiger partial charge in [0.05, 0.1) is 11.3 Å². The van der Waals surface area contributed by atoms with Gasteiger partial charge in [-0.05, 0) is 58.2 Å². The van der Waals surface area contributed by atoms with E-state index in [2.05, 4.69) is 52.2 Å². The molecule has 17 heteroatoms.